The summed E-state index contributed by atoms with van der Waals surface area (Å²) in [6, 6.07) is 13.5. The first-order chi connectivity index (χ1) is 13.0. The van der Waals surface area contributed by atoms with E-state index in [-0.39, 0.29) is 11.7 Å². The smallest absolute Gasteiger partial charge is 0.234 e. The number of rotatable bonds is 7. The zero-order valence-electron chi connectivity index (χ0n) is 15.3. The third-order valence-electron chi connectivity index (χ3n) is 3.93. The molecule has 0 saturated heterocycles. The molecular formula is C19H20N4O2S2. The number of nitrogens with one attached hydrogen (secondary N) is 2. The van der Waals surface area contributed by atoms with Crippen molar-refractivity contribution in [3.63, 3.8) is 0 Å². The van der Waals surface area contributed by atoms with Crippen molar-refractivity contribution in [3.8, 4) is 5.75 Å². The highest BCUT2D eigenvalue weighted by molar-refractivity contribution is 8.01. The molecule has 0 aliphatic heterocycles. The lowest BCUT2D eigenvalue weighted by molar-refractivity contribution is -0.113. The molecule has 0 saturated carbocycles. The van der Waals surface area contributed by atoms with Crippen molar-refractivity contribution in [3.05, 3.63) is 53.6 Å². The Kier molecular flexibility index (Phi) is 6.31. The van der Waals surface area contributed by atoms with Crippen LogP contribution in [0.3, 0.4) is 0 Å². The summed E-state index contributed by atoms with van der Waals surface area (Å²) in [4.78, 5) is 12.2. The number of ether oxygens (including phenoxy) is 1. The molecule has 0 aliphatic carbocycles. The van der Waals surface area contributed by atoms with E-state index in [4.69, 9.17) is 4.74 Å². The van der Waals surface area contributed by atoms with Crippen molar-refractivity contribution in [2.24, 2.45) is 0 Å². The molecule has 0 spiro atoms. The molecule has 0 aliphatic rings. The van der Waals surface area contributed by atoms with E-state index in [1.807, 2.05) is 56.3 Å². The Bertz CT molecular complexity index is 943. The van der Waals surface area contributed by atoms with Gasteiger partial charge in [0.15, 0.2) is 4.34 Å². The predicted octanol–water partition coefficient (Wildman–Crippen LogP) is 4.64. The van der Waals surface area contributed by atoms with Crippen molar-refractivity contribution in [1.29, 1.82) is 0 Å². The summed E-state index contributed by atoms with van der Waals surface area (Å²) in [6.45, 7) is 4.02. The molecular weight excluding hydrogens is 380 g/mol. The standard InChI is InChI=1S/C19H20N4O2S2/c1-12-6-4-9-16(13(12)2)21-17(24)11-26-19-23-22-18(27-19)20-14-7-5-8-15(10-14)25-3/h4-10H,11H2,1-3H3,(H,20,22)(H,21,24). The number of anilines is 3. The van der Waals surface area contributed by atoms with Gasteiger partial charge < -0.3 is 15.4 Å². The molecule has 0 fully saturated rings. The second-order valence-corrected chi connectivity index (χ2v) is 8.01. The van der Waals surface area contributed by atoms with Crippen LogP contribution in [-0.4, -0.2) is 29.0 Å². The minimum absolute atomic E-state index is 0.0637. The fourth-order valence-electron chi connectivity index (χ4n) is 2.34. The molecule has 0 bridgehead atoms. The van der Waals surface area contributed by atoms with Gasteiger partial charge >= 0.3 is 0 Å². The maximum atomic E-state index is 12.2. The molecule has 27 heavy (non-hydrogen) atoms. The van der Waals surface area contributed by atoms with Crippen molar-refractivity contribution in [2.45, 2.75) is 18.2 Å². The zero-order valence-corrected chi connectivity index (χ0v) is 16.9. The molecule has 0 unspecified atom stereocenters. The van der Waals surface area contributed by atoms with Gasteiger partial charge in [-0.15, -0.1) is 10.2 Å². The fourth-order valence-corrected chi connectivity index (χ4v) is 3.92. The van der Waals surface area contributed by atoms with E-state index in [2.05, 4.69) is 20.8 Å². The minimum atomic E-state index is -0.0637. The number of carbonyl (C=O) groups is 1. The minimum Gasteiger partial charge on any atom is -0.497 e. The number of thioether (sulfide) groups is 1. The van der Waals surface area contributed by atoms with Crippen LogP contribution in [0.2, 0.25) is 0 Å². The first-order valence-electron chi connectivity index (χ1n) is 8.28. The number of methoxy groups -OCH3 is 1. The molecule has 140 valence electrons. The van der Waals surface area contributed by atoms with Crippen LogP contribution in [0.1, 0.15) is 11.1 Å². The SMILES string of the molecule is COc1cccc(Nc2nnc(SCC(=O)Nc3cccc(C)c3C)s2)c1. The van der Waals surface area contributed by atoms with Gasteiger partial charge in [0.2, 0.25) is 11.0 Å². The monoisotopic (exact) mass is 400 g/mol. The van der Waals surface area contributed by atoms with E-state index >= 15 is 0 Å². The maximum Gasteiger partial charge on any atom is 0.234 e. The van der Waals surface area contributed by atoms with Crippen LogP contribution in [0.15, 0.2) is 46.8 Å². The Balaban J connectivity index is 1.54. The summed E-state index contributed by atoms with van der Waals surface area (Å²) < 4.78 is 5.94. The van der Waals surface area contributed by atoms with Crippen LogP contribution >= 0.6 is 23.1 Å². The Labute approximate surface area is 166 Å². The third kappa shape index (κ3) is 5.21. The third-order valence-corrected chi connectivity index (χ3v) is 5.90. The summed E-state index contributed by atoms with van der Waals surface area (Å²) in [5.74, 6) is 0.981. The van der Waals surface area contributed by atoms with Crippen molar-refractivity contribution in [2.75, 3.05) is 23.5 Å². The lowest BCUT2D eigenvalue weighted by Gasteiger charge is -2.09. The number of aromatic nitrogens is 2. The lowest BCUT2D eigenvalue weighted by atomic mass is 10.1. The lowest BCUT2D eigenvalue weighted by Crippen LogP contribution is -2.15. The van der Waals surface area contributed by atoms with Crippen LogP contribution in [0.5, 0.6) is 5.75 Å². The first kappa shape index (κ1) is 19.2. The van der Waals surface area contributed by atoms with Gasteiger partial charge in [-0.2, -0.15) is 0 Å². The highest BCUT2D eigenvalue weighted by Crippen LogP contribution is 2.29. The normalized spacial score (nSPS) is 10.5. The quantitative estimate of drug-likeness (QED) is 0.563. The van der Waals surface area contributed by atoms with Crippen molar-refractivity contribution < 1.29 is 9.53 Å². The molecule has 2 aromatic carbocycles. The summed E-state index contributed by atoms with van der Waals surface area (Å²) >= 11 is 2.77. The number of benzene rings is 2. The second-order valence-electron chi connectivity index (χ2n) is 5.81. The fraction of sp³-hybridized carbons (Fsp3) is 0.211. The summed E-state index contributed by atoms with van der Waals surface area (Å²) in [5.41, 5.74) is 3.95. The molecule has 1 heterocycles. The number of nitrogens with zero attached hydrogens (tertiary/aromatic N) is 2. The highest BCUT2D eigenvalue weighted by Gasteiger charge is 2.10. The van der Waals surface area contributed by atoms with E-state index in [9.17, 15) is 4.79 Å². The number of carbonyl (C=O) groups excluding carboxylic acids is 1. The molecule has 6 nitrogen and oxygen atoms in total. The van der Waals surface area contributed by atoms with Crippen LogP contribution < -0.4 is 15.4 Å². The molecule has 3 aromatic rings. The van der Waals surface area contributed by atoms with Crippen LogP contribution in [0, 0.1) is 13.8 Å². The molecule has 1 amide bonds. The van der Waals surface area contributed by atoms with Gasteiger partial charge in [-0.1, -0.05) is 41.3 Å². The van der Waals surface area contributed by atoms with Gasteiger partial charge in [-0.25, -0.2) is 0 Å². The zero-order chi connectivity index (χ0) is 19.2. The average molecular weight is 401 g/mol. The van der Waals surface area contributed by atoms with E-state index in [0.29, 0.717) is 5.13 Å². The molecule has 8 heteroatoms. The number of amides is 1. The maximum absolute atomic E-state index is 12.2. The molecule has 3 rings (SSSR count). The average Bonchev–Trinajstić information content (AvgIpc) is 3.11. The summed E-state index contributed by atoms with van der Waals surface area (Å²) in [7, 11) is 1.63. The Morgan fingerprint density at radius 3 is 2.81 bits per heavy atom. The van der Waals surface area contributed by atoms with E-state index in [1.54, 1.807) is 7.11 Å². The molecule has 0 atom stereocenters. The van der Waals surface area contributed by atoms with Crippen LogP contribution in [0.4, 0.5) is 16.5 Å². The predicted molar refractivity (Wildman–Crippen MR) is 111 cm³/mol. The Morgan fingerprint density at radius 2 is 2.00 bits per heavy atom. The number of aryl methyl sites for hydroxylation is 1. The number of hydrogen-bond donors (Lipinski definition) is 2. The van der Waals surface area contributed by atoms with Crippen LogP contribution in [0.25, 0.3) is 0 Å². The van der Waals surface area contributed by atoms with Gasteiger partial charge in [0.1, 0.15) is 5.75 Å². The van der Waals surface area contributed by atoms with Gasteiger partial charge in [0, 0.05) is 17.4 Å². The van der Waals surface area contributed by atoms with Crippen molar-refractivity contribution >= 4 is 45.5 Å². The largest absolute Gasteiger partial charge is 0.497 e. The van der Waals surface area contributed by atoms with E-state index < -0.39 is 0 Å². The Morgan fingerprint density at radius 1 is 1.19 bits per heavy atom. The van der Waals surface area contributed by atoms with Crippen molar-refractivity contribution in [1.82, 2.24) is 10.2 Å². The van der Waals surface area contributed by atoms with E-state index in [0.717, 1.165) is 32.6 Å². The number of hydrogen-bond acceptors (Lipinski definition) is 7. The van der Waals surface area contributed by atoms with E-state index in [1.165, 1.54) is 23.1 Å². The topological polar surface area (TPSA) is 76.1 Å². The molecule has 0 radical (unpaired) electrons. The summed E-state index contributed by atoms with van der Waals surface area (Å²) in [5, 5.41) is 15.0. The first-order valence-corrected chi connectivity index (χ1v) is 10.1. The van der Waals surface area contributed by atoms with Gasteiger partial charge in [-0.05, 0) is 43.2 Å². The van der Waals surface area contributed by atoms with Gasteiger partial charge in [-0.3, -0.25) is 4.79 Å². The Hall–Kier alpha value is -2.58. The summed E-state index contributed by atoms with van der Waals surface area (Å²) in [6.07, 6.45) is 0. The highest BCUT2D eigenvalue weighted by atomic mass is 32.2. The second kappa shape index (κ2) is 8.88. The molecule has 2 N–H and O–H groups in total. The molecule has 1 aromatic heterocycles. The van der Waals surface area contributed by atoms with Gasteiger partial charge in [0.25, 0.3) is 0 Å². The van der Waals surface area contributed by atoms with Crippen LogP contribution in [-0.2, 0) is 4.79 Å². The van der Waals surface area contributed by atoms with Gasteiger partial charge in [0.05, 0.1) is 12.9 Å².